The first-order chi connectivity index (χ1) is 12.5. The van der Waals surface area contributed by atoms with Crippen molar-refractivity contribution in [2.45, 2.75) is 24.8 Å². The van der Waals surface area contributed by atoms with Gasteiger partial charge in [0.1, 0.15) is 23.0 Å². The summed E-state index contributed by atoms with van der Waals surface area (Å²) in [7, 11) is 0. The monoisotopic (exact) mass is 394 g/mol. The molecule has 1 fully saturated rings. The fourth-order valence-corrected chi connectivity index (χ4v) is 3.56. The van der Waals surface area contributed by atoms with Gasteiger partial charge in [-0.2, -0.15) is 0 Å². The third-order valence-electron chi connectivity index (χ3n) is 4.29. The minimum absolute atomic E-state index is 0.116. The van der Waals surface area contributed by atoms with Crippen molar-refractivity contribution in [1.82, 2.24) is 9.97 Å². The SMILES string of the molecule is CC1CCN(c2cc(SCC(=O)Nc3ccc(Cl)cc3F)ncn2)CC1. The second-order valence-electron chi connectivity index (χ2n) is 6.35. The van der Waals surface area contributed by atoms with Gasteiger partial charge in [0.25, 0.3) is 0 Å². The van der Waals surface area contributed by atoms with E-state index in [4.69, 9.17) is 11.6 Å². The van der Waals surface area contributed by atoms with E-state index in [9.17, 15) is 9.18 Å². The van der Waals surface area contributed by atoms with E-state index in [0.29, 0.717) is 0 Å². The number of carbonyl (C=O) groups excluding carboxylic acids is 1. The lowest BCUT2D eigenvalue weighted by atomic mass is 9.99. The molecule has 138 valence electrons. The number of aromatic nitrogens is 2. The highest BCUT2D eigenvalue weighted by molar-refractivity contribution is 7.99. The average Bonchev–Trinajstić information content (AvgIpc) is 2.63. The van der Waals surface area contributed by atoms with Crippen molar-refractivity contribution in [3.05, 3.63) is 41.4 Å². The molecule has 2 aromatic rings. The van der Waals surface area contributed by atoms with E-state index < -0.39 is 5.82 Å². The highest BCUT2D eigenvalue weighted by atomic mass is 35.5. The Morgan fingerprint density at radius 1 is 1.35 bits per heavy atom. The maximum Gasteiger partial charge on any atom is 0.234 e. The summed E-state index contributed by atoms with van der Waals surface area (Å²) >= 11 is 7.00. The molecule has 0 aliphatic carbocycles. The number of hydrogen-bond donors (Lipinski definition) is 1. The number of piperidine rings is 1. The Kier molecular flexibility index (Phi) is 6.32. The number of thioether (sulfide) groups is 1. The van der Waals surface area contributed by atoms with Crippen molar-refractivity contribution in [2.75, 3.05) is 29.1 Å². The largest absolute Gasteiger partial charge is 0.356 e. The van der Waals surface area contributed by atoms with Crippen LogP contribution in [-0.2, 0) is 4.79 Å². The van der Waals surface area contributed by atoms with Gasteiger partial charge in [0.15, 0.2) is 0 Å². The van der Waals surface area contributed by atoms with Crippen LogP contribution in [0.5, 0.6) is 0 Å². The molecule has 2 heterocycles. The zero-order valence-corrected chi connectivity index (χ0v) is 16.0. The molecule has 0 saturated carbocycles. The van der Waals surface area contributed by atoms with Crippen LogP contribution in [0.15, 0.2) is 35.6 Å². The van der Waals surface area contributed by atoms with Gasteiger partial charge in [-0.1, -0.05) is 30.3 Å². The maximum absolute atomic E-state index is 13.7. The molecule has 1 aromatic heterocycles. The standard InChI is InChI=1S/C18H20ClFN4OS/c1-12-4-6-24(7-5-12)16-9-18(22-11-21-16)26-10-17(25)23-15-3-2-13(19)8-14(15)20/h2-3,8-9,11-12H,4-7,10H2,1H3,(H,23,25). The van der Waals surface area contributed by atoms with Crippen LogP contribution in [0.25, 0.3) is 0 Å². The first-order valence-corrected chi connectivity index (χ1v) is 9.82. The predicted octanol–water partition coefficient (Wildman–Crippen LogP) is 4.24. The first kappa shape index (κ1) is 18.9. The van der Waals surface area contributed by atoms with Crippen molar-refractivity contribution in [3.8, 4) is 0 Å². The number of amides is 1. The second kappa shape index (κ2) is 8.68. The molecule has 3 rings (SSSR count). The third kappa shape index (κ3) is 5.08. The van der Waals surface area contributed by atoms with Crippen molar-refractivity contribution in [3.63, 3.8) is 0 Å². The fraction of sp³-hybridized carbons (Fsp3) is 0.389. The Balaban J connectivity index is 1.56. The number of carbonyl (C=O) groups is 1. The zero-order valence-electron chi connectivity index (χ0n) is 14.4. The number of hydrogen-bond acceptors (Lipinski definition) is 5. The lowest BCUT2D eigenvalue weighted by Crippen LogP contribution is -2.33. The van der Waals surface area contributed by atoms with Gasteiger partial charge >= 0.3 is 0 Å². The average molecular weight is 395 g/mol. The van der Waals surface area contributed by atoms with Crippen LogP contribution in [0, 0.1) is 11.7 Å². The Morgan fingerprint density at radius 3 is 2.85 bits per heavy atom. The van der Waals surface area contributed by atoms with Gasteiger partial charge in [-0.25, -0.2) is 14.4 Å². The van der Waals surface area contributed by atoms with Gasteiger partial charge < -0.3 is 10.2 Å². The van der Waals surface area contributed by atoms with Gasteiger partial charge in [-0.15, -0.1) is 0 Å². The van der Waals surface area contributed by atoms with Crippen LogP contribution in [0.4, 0.5) is 15.9 Å². The van der Waals surface area contributed by atoms with E-state index in [-0.39, 0.29) is 22.4 Å². The number of nitrogens with zero attached hydrogens (tertiary/aromatic N) is 3. The molecule has 1 aliphatic heterocycles. The predicted molar refractivity (Wildman–Crippen MR) is 103 cm³/mol. The van der Waals surface area contributed by atoms with Crippen LogP contribution in [0.2, 0.25) is 5.02 Å². The number of nitrogens with one attached hydrogen (secondary N) is 1. The number of anilines is 2. The molecule has 1 aliphatic rings. The van der Waals surface area contributed by atoms with Crippen LogP contribution >= 0.6 is 23.4 Å². The highest BCUT2D eigenvalue weighted by Crippen LogP contribution is 2.25. The molecule has 1 saturated heterocycles. The fourth-order valence-electron chi connectivity index (χ4n) is 2.74. The molecule has 0 radical (unpaired) electrons. The van der Waals surface area contributed by atoms with Crippen LogP contribution < -0.4 is 10.2 Å². The molecule has 0 atom stereocenters. The lowest BCUT2D eigenvalue weighted by molar-refractivity contribution is -0.113. The minimum atomic E-state index is -0.556. The number of benzene rings is 1. The molecule has 0 unspecified atom stereocenters. The molecule has 26 heavy (non-hydrogen) atoms. The molecule has 0 spiro atoms. The molecule has 1 amide bonds. The van der Waals surface area contributed by atoms with Crippen molar-refractivity contribution >= 4 is 40.8 Å². The van der Waals surface area contributed by atoms with Crippen LogP contribution in [0.3, 0.4) is 0 Å². The topological polar surface area (TPSA) is 58.1 Å². The summed E-state index contributed by atoms with van der Waals surface area (Å²) in [4.78, 5) is 22.9. The quantitative estimate of drug-likeness (QED) is 0.607. The lowest BCUT2D eigenvalue weighted by Gasteiger charge is -2.31. The molecular weight excluding hydrogens is 375 g/mol. The summed E-state index contributed by atoms with van der Waals surface area (Å²) in [6.45, 7) is 4.23. The zero-order chi connectivity index (χ0) is 18.5. The molecule has 0 bridgehead atoms. The second-order valence-corrected chi connectivity index (χ2v) is 7.78. The normalized spacial score (nSPS) is 15.1. The first-order valence-electron chi connectivity index (χ1n) is 8.46. The Bertz CT molecular complexity index is 784. The highest BCUT2D eigenvalue weighted by Gasteiger charge is 2.17. The summed E-state index contributed by atoms with van der Waals surface area (Å²) in [5.41, 5.74) is 0.116. The number of rotatable bonds is 5. The summed E-state index contributed by atoms with van der Waals surface area (Å²) in [6.07, 6.45) is 3.83. The van der Waals surface area contributed by atoms with Gasteiger partial charge in [0.2, 0.25) is 5.91 Å². The van der Waals surface area contributed by atoms with Crippen molar-refractivity contribution in [1.29, 1.82) is 0 Å². The van der Waals surface area contributed by atoms with Gasteiger partial charge in [0.05, 0.1) is 11.4 Å². The van der Waals surface area contributed by atoms with Crippen LogP contribution in [0.1, 0.15) is 19.8 Å². The van der Waals surface area contributed by atoms with E-state index in [2.05, 4.69) is 27.1 Å². The molecular formula is C18H20ClFN4OS. The van der Waals surface area contributed by atoms with E-state index in [1.54, 1.807) is 0 Å². The molecule has 8 heteroatoms. The minimum Gasteiger partial charge on any atom is -0.356 e. The van der Waals surface area contributed by atoms with Gasteiger partial charge in [-0.3, -0.25) is 4.79 Å². The van der Waals surface area contributed by atoms with Gasteiger partial charge in [-0.05, 0) is 37.0 Å². The van der Waals surface area contributed by atoms with Crippen molar-refractivity contribution < 1.29 is 9.18 Å². The molecule has 5 nitrogen and oxygen atoms in total. The smallest absolute Gasteiger partial charge is 0.234 e. The van der Waals surface area contributed by atoms with E-state index >= 15 is 0 Å². The van der Waals surface area contributed by atoms with E-state index in [1.807, 2.05) is 6.07 Å². The molecule has 1 aromatic carbocycles. The third-order valence-corrected chi connectivity index (χ3v) is 5.45. The maximum atomic E-state index is 13.7. The van der Waals surface area contributed by atoms with E-state index in [1.165, 1.54) is 36.3 Å². The van der Waals surface area contributed by atoms with Gasteiger partial charge in [0, 0.05) is 24.2 Å². The number of halogens is 2. The van der Waals surface area contributed by atoms with E-state index in [0.717, 1.165) is 42.7 Å². The Morgan fingerprint density at radius 2 is 2.12 bits per heavy atom. The summed E-state index contributed by atoms with van der Waals surface area (Å²) < 4.78 is 13.7. The molecule has 1 N–H and O–H groups in total. The Hall–Kier alpha value is -1.86. The summed E-state index contributed by atoms with van der Waals surface area (Å²) in [5.74, 6) is 0.912. The van der Waals surface area contributed by atoms with Crippen molar-refractivity contribution in [2.24, 2.45) is 5.92 Å². The Labute approximate surface area is 161 Å². The van der Waals surface area contributed by atoms with Crippen LogP contribution in [-0.4, -0.2) is 34.7 Å². The summed E-state index contributed by atoms with van der Waals surface area (Å²) in [5, 5.41) is 3.55. The summed E-state index contributed by atoms with van der Waals surface area (Å²) in [6, 6.07) is 6.04.